The Morgan fingerprint density at radius 2 is 1.94 bits per heavy atom. The molecule has 2 N–H and O–H groups in total. The number of hydrogen-bond donors (Lipinski definition) is 2. The molecule has 0 aromatic rings. The van der Waals surface area contributed by atoms with Gasteiger partial charge in [-0.25, -0.2) is 4.79 Å². The van der Waals surface area contributed by atoms with Gasteiger partial charge in [-0.2, -0.15) is 0 Å². The highest BCUT2D eigenvalue weighted by molar-refractivity contribution is 5.82. The first-order chi connectivity index (χ1) is 7.72. The molecule has 0 saturated heterocycles. The smallest absolute Gasteiger partial charge is 0.407 e. The summed E-state index contributed by atoms with van der Waals surface area (Å²) in [6.45, 7) is 2.03. The van der Waals surface area contributed by atoms with Crippen LogP contribution >= 0.6 is 0 Å². The Bertz CT molecular complexity index is 237. The van der Waals surface area contributed by atoms with E-state index < -0.39 is 6.09 Å². The molecule has 5 heteroatoms. The molecule has 0 atom stereocenters. The van der Waals surface area contributed by atoms with Crippen LogP contribution in [0.1, 0.15) is 39.0 Å². The third kappa shape index (κ3) is 5.00. The molecule has 0 spiro atoms. The van der Waals surface area contributed by atoms with E-state index in [1.807, 2.05) is 0 Å². The maximum absolute atomic E-state index is 11.4. The van der Waals surface area contributed by atoms with Crippen LogP contribution in [0.5, 0.6) is 0 Å². The second-order valence-electron chi connectivity index (χ2n) is 3.98. The highest BCUT2D eigenvalue weighted by atomic mass is 16.5. The van der Waals surface area contributed by atoms with Crippen LogP contribution in [0.2, 0.25) is 0 Å². The number of alkyl carbamates (subject to hydrolysis) is 1. The van der Waals surface area contributed by atoms with Crippen LogP contribution < -0.4 is 10.6 Å². The van der Waals surface area contributed by atoms with Gasteiger partial charge < -0.3 is 15.4 Å². The Morgan fingerprint density at radius 3 is 2.56 bits per heavy atom. The lowest BCUT2D eigenvalue weighted by Crippen LogP contribution is -2.42. The average Bonchev–Trinajstić information content (AvgIpc) is 2.28. The standard InChI is InChI=1S/C11H20N2O3/c1-2-16-11(15)12-8-10(14)13-9-6-4-3-5-7-9/h9H,2-8H2,1H3,(H,12,15)(H,13,14). The number of rotatable bonds is 4. The van der Waals surface area contributed by atoms with Crippen LogP contribution in [0.3, 0.4) is 0 Å². The summed E-state index contributed by atoms with van der Waals surface area (Å²) in [5, 5.41) is 5.31. The number of ether oxygens (including phenoxy) is 1. The molecule has 0 bridgehead atoms. The summed E-state index contributed by atoms with van der Waals surface area (Å²) in [5.74, 6) is -0.139. The zero-order chi connectivity index (χ0) is 11.8. The van der Waals surface area contributed by atoms with E-state index in [4.69, 9.17) is 0 Å². The summed E-state index contributed by atoms with van der Waals surface area (Å²) in [6.07, 6.45) is 5.16. The molecule has 5 nitrogen and oxygen atoms in total. The summed E-state index contributed by atoms with van der Waals surface area (Å²) < 4.78 is 4.65. The summed E-state index contributed by atoms with van der Waals surface area (Å²) in [6, 6.07) is 0.283. The van der Waals surface area contributed by atoms with E-state index >= 15 is 0 Å². The van der Waals surface area contributed by atoms with E-state index in [0.717, 1.165) is 12.8 Å². The second kappa shape index (κ2) is 7.09. The molecule has 1 fully saturated rings. The van der Waals surface area contributed by atoms with Crippen LogP contribution in [-0.4, -0.2) is 31.2 Å². The van der Waals surface area contributed by atoms with Crippen LogP contribution in [0.15, 0.2) is 0 Å². The summed E-state index contributed by atoms with van der Waals surface area (Å²) in [7, 11) is 0. The minimum Gasteiger partial charge on any atom is -0.450 e. The van der Waals surface area contributed by atoms with Gasteiger partial charge in [-0.05, 0) is 19.8 Å². The minimum absolute atomic E-state index is 0.00463. The van der Waals surface area contributed by atoms with Gasteiger partial charge in [-0.1, -0.05) is 19.3 Å². The fraction of sp³-hybridized carbons (Fsp3) is 0.818. The Kier molecular flexibility index (Phi) is 5.67. The SMILES string of the molecule is CCOC(=O)NCC(=O)NC1CCCCC1. The van der Waals surface area contributed by atoms with Gasteiger partial charge in [-0.15, -0.1) is 0 Å². The maximum Gasteiger partial charge on any atom is 0.407 e. The number of amides is 2. The molecule has 1 rings (SSSR count). The fourth-order valence-corrected chi connectivity index (χ4v) is 1.86. The van der Waals surface area contributed by atoms with Crippen molar-refractivity contribution >= 4 is 12.0 Å². The van der Waals surface area contributed by atoms with Gasteiger partial charge in [-0.3, -0.25) is 4.79 Å². The Labute approximate surface area is 95.9 Å². The van der Waals surface area contributed by atoms with Gasteiger partial charge in [0, 0.05) is 6.04 Å². The van der Waals surface area contributed by atoms with Crippen molar-refractivity contribution in [2.24, 2.45) is 0 Å². The number of carbonyl (C=O) groups excluding carboxylic acids is 2. The summed E-state index contributed by atoms with van der Waals surface area (Å²) in [5.41, 5.74) is 0. The third-order valence-corrected chi connectivity index (χ3v) is 2.64. The molecule has 1 aliphatic rings. The average molecular weight is 228 g/mol. The van der Waals surface area contributed by atoms with Crippen molar-refractivity contribution in [1.82, 2.24) is 10.6 Å². The van der Waals surface area contributed by atoms with Crippen molar-refractivity contribution in [3.05, 3.63) is 0 Å². The van der Waals surface area contributed by atoms with Crippen molar-refractivity contribution in [2.45, 2.75) is 45.1 Å². The quantitative estimate of drug-likeness (QED) is 0.759. The molecule has 1 saturated carbocycles. The lowest BCUT2D eigenvalue weighted by atomic mass is 9.95. The first-order valence-electron chi connectivity index (χ1n) is 5.92. The van der Waals surface area contributed by atoms with E-state index in [-0.39, 0.29) is 18.5 Å². The van der Waals surface area contributed by atoms with Gasteiger partial charge in [0.25, 0.3) is 0 Å². The van der Waals surface area contributed by atoms with E-state index in [0.29, 0.717) is 6.61 Å². The van der Waals surface area contributed by atoms with E-state index in [2.05, 4.69) is 15.4 Å². The number of carbonyl (C=O) groups is 2. The largest absolute Gasteiger partial charge is 0.450 e. The van der Waals surface area contributed by atoms with Crippen LogP contribution in [0.4, 0.5) is 4.79 Å². The monoisotopic (exact) mass is 228 g/mol. The van der Waals surface area contributed by atoms with E-state index in [1.165, 1.54) is 19.3 Å². The fourth-order valence-electron chi connectivity index (χ4n) is 1.86. The lowest BCUT2D eigenvalue weighted by molar-refractivity contribution is -0.121. The second-order valence-corrected chi connectivity index (χ2v) is 3.98. The molecular formula is C11H20N2O3. The zero-order valence-corrected chi connectivity index (χ0v) is 9.75. The molecule has 0 radical (unpaired) electrons. The first-order valence-corrected chi connectivity index (χ1v) is 5.92. The van der Waals surface area contributed by atoms with E-state index in [1.54, 1.807) is 6.92 Å². The third-order valence-electron chi connectivity index (χ3n) is 2.64. The lowest BCUT2D eigenvalue weighted by Gasteiger charge is -2.22. The van der Waals surface area contributed by atoms with Gasteiger partial charge >= 0.3 is 6.09 Å². The van der Waals surface area contributed by atoms with Crippen LogP contribution in [0, 0.1) is 0 Å². The first kappa shape index (κ1) is 12.8. The Balaban J connectivity index is 2.12. The topological polar surface area (TPSA) is 67.4 Å². The number of hydrogen-bond acceptors (Lipinski definition) is 3. The molecule has 0 unspecified atom stereocenters. The Hall–Kier alpha value is -1.26. The summed E-state index contributed by atoms with van der Waals surface area (Å²) >= 11 is 0. The molecule has 16 heavy (non-hydrogen) atoms. The van der Waals surface area contributed by atoms with Gasteiger partial charge in [0.15, 0.2) is 0 Å². The van der Waals surface area contributed by atoms with Crippen LogP contribution in [0.25, 0.3) is 0 Å². The van der Waals surface area contributed by atoms with Gasteiger partial charge in [0.1, 0.15) is 6.54 Å². The molecular weight excluding hydrogens is 208 g/mol. The van der Waals surface area contributed by atoms with Gasteiger partial charge in [0.2, 0.25) is 5.91 Å². The molecule has 1 aliphatic carbocycles. The minimum atomic E-state index is -0.540. The van der Waals surface area contributed by atoms with Crippen LogP contribution in [-0.2, 0) is 9.53 Å². The van der Waals surface area contributed by atoms with Gasteiger partial charge in [0.05, 0.1) is 6.61 Å². The highest BCUT2D eigenvalue weighted by Crippen LogP contribution is 2.16. The molecule has 0 aromatic heterocycles. The molecule has 0 heterocycles. The predicted molar refractivity (Wildman–Crippen MR) is 60.0 cm³/mol. The molecule has 0 aliphatic heterocycles. The van der Waals surface area contributed by atoms with Crippen molar-refractivity contribution in [3.8, 4) is 0 Å². The maximum atomic E-state index is 11.4. The zero-order valence-electron chi connectivity index (χ0n) is 9.75. The molecule has 0 aromatic carbocycles. The summed E-state index contributed by atoms with van der Waals surface area (Å²) in [4.78, 5) is 22.4. The van der Waals surface area contributed by atoms with Crippen molar-refractivity contribution < 1.29 is 14.3 Å². The molecule has 2 amide bonds. The Morgan fingerprint density at radius 1 is 1.25 bits per heavy atom. The number of nitrogens with one attached hydrogen (secondary N) is 2. The van der Waals surface area contributed by atoms with Crippen molar-refractivity contribution in [3.63, 3.8) is 0 Å². The normalized spacial score (nSPS) is 16.6. The predicted octanol–water partition coefficient (Wildman–Crippen LogP) is 1.18. The van der Waals surface area contributed by atoms with E-state index in [9.17, 15) is 9.59 Å². The molecule has 92 valence electrons. The van der Waals surface area contributed by atoms with Crippen molar-refractivity contribution in [1.29, 1.82) is 0 Å². The van der Waals surface area contributed by atoms with Crippen molar-refractivity contribution in [2.75, 3.05) is 13.2 Å². The highest BCUT2D eigenvalue weighted by Gasteiger charge is 2.15.